The van der Waals surface area contributed by atoms with Gasteiger partial charge < -0.3 is 15.5 Å². The Kier molecular flexibility index (Phi) is 11.6. The third-order valence-electron chi connectivity index (χ3n) is 6.24. The zero-order valence-corrected chi connectivity index (χ0v) is 21.6. The summed E-state index contributed by atoms with van der Waals surface area (Å²) in [6, 6.07) is 8.81. The summed E-state index contributed by atoms with van der Waals surface area (Å²) in [6.07, 6.45) is 9.25. The first-order chi connectivity index (χ1) is 14.6. The molecule has 1 amide bonds. The van der Waals surface area contributed by atoms with E-state index in [4.69, 9.17) is 4.99 Å². The highest BCUT2D eigenvalue weighted by molar-refractivity contribution is 14.0. The number of hydrogen-bond donors (Lipinski definition) is 2. The molecule has 6 nitrogen and oxygen atoms in total. The number of rotatable bonds is 8. The molecule has 1 aliphatic heterocycles. The van der Waals surface area contributed by atoms with Gasteiger partial charge in [0.2, 0.25) is 5.91 Å². The average Bonchev–Trinajstić information content (AvgIpc) is 3.27. The van der Waals surface area contributed by atoms with Gasteiger partial charge in [0.1, 0.15) is 0 Å². The molecular formula is C24H40IN5O. The number of hydrogen-bond acceptors (Lipinski definition) is 3. The van der Waals surface area contributed by atoms with Gasteiger partial charge in [-0.1, -0.05) is 43.5 Å². The highest BCUT2D eigenvalue weighted by Crippen LogP contribution is 2.22. The molecule has 0 spiro atoms. The summed E-state index contributed by atoms with van der Waals surface area (Å²) in [5.41, 5.74) is 2.56. The quantitative estimate of drug-likeness (QED) is 0.300. The third kappa shape index (κ3) is 9.35. The first-order valence-corrected chi connectivity index (χ1v) is 11.6. The molecule has 1 aromatic rings. The summed E-state index contributed by atoms with van der Waals surface area (Å²) in [7, 11) is 3.56. The van der Waals surface area contributed by atoms with Gasteiger partial charge in [0.15, 0.2) is 5.96 Å². The van der Waals surface area contributed by atoms with Gasteiger partial charge in [-0.2, -0.15) is 0 Å². The van der Waals surface area contributed by atoms with E-state index in [1.165, 1.54) is 69.2 Å². The highest BCUT2D eigenvalue weighted by Gasteiger charge is 2.14. The first kappa shape index (κ1) is 25.9. The number of halogens is 1. The molecule has 0 aromatic heterocycles. The molecule has 1 saturated carbocycles. The number of amides is 1. The number of carbonyl (C=O) groups is 1. The van der Waals surface area contributed by atoms with Crippen molar-refractivity contribution in [2.75, 3.05) is 40.3 Å². The lowest BCUT2D eigenvalue weighted by Crippen LogP contribution is -2.44. The van der Waals surface area contributed by atoms with Crippen LogP contribution >= 0.6 is 24.0 Å². The van der Waals surface area contributed by atoms with Crippen molar-refractivity contribution in [3.63, 3.8) is 0 Å². The Hall–Kier alpha value is -1.35. The highest BCUT2D eigenvalue weighted by atomic mass is 127. The van der Waals surface area contributed by atoms with Crippen LogP contribution in [0.4, 0.5) is 0 Å². The number of benzene rings is 1. The summed E-state index contributed by atoms with van der Waals surface area (Å²) in [5, 5.41) is 6.69. The summed E-state index contributed by atoms with van der Waals surface area (Å²) < 4.78 is 0. The zero-order valence-electron chi connectivity index (χ0n) is 19.2. The molecule has 2 aliphatic rings. The minimum atomic E-state index is 0. The number of carbonyl (C=O) groups excluding carboxylic acids is 1. The maximum atomic E-state index is 12.0. The van der Waals surface area contributed by atoms with Gasteiger partial charge >= 0.3 is 0 Å². The molecule has 1 saturated heterocycles. The lowest BCUT2D eigenvalue weighted by atomic mass is 9.89. The van der Waals surface area contributed by atoms with Crippen LogP contribution < -0.4 is 10.6 Å². The van der Waals surface area contributed by atoms with E-state index < -0.39 is 0 Å². The molecule has 1 heterocycles. The fraction of sp³-hybridized carbons (Fsp3) is 0.667. The Labute approximate surface area is 205 Å². The summed E-state index contributed by atoms with van der Waals surface area (Å²) in [4.78, 5) is 20.9. The predicted octanol–water partition coefficient (Wildman–Crippen LogP) is 3.60. The van der Waals surface area contributed by atoms with E-state index in [2.05, 4.69) is 39.8 Å². The van der Waals surface area contributed by atoms with Crippen molar-refractivity contribution in [3.05, 3.63) is 35.4 Å². The van der Waals surface area contributed by atoms with Crippen molar-refractivity contribution in [2.45, 2.75) is 58.0 Å². The summed E-state index contributed by atoms with van der Waals surface area (Å²) >= 11 is 0. The van der Waals surface area contributed by atoms with Crippen molar-refractivity contribution in [1.82, 2.24) is 20.4 Å². The Morgan fingerprint density at radius 3 is 2.29 bits per heavy atom. The van der Waals surface area contributed by atoms with E-state index in [1.54, 1.807) is 19.0 Å². The van der Waals surface area contributed by atoms with Crippen molar-refractivity contribution in [3.8, 4) is 0 Å². The number of nitrogens with zero attached hydrogens (tertiary/aromatic N) is 3. The predicted molar refractivity (Wildman–Crippen MR) is 139 cm³/mol. The fourth-order valence-electron chi connectivity index (χ4n) is 4.24. The molecular weight excluding hydrogens is 501 g/mol. The number of nitrogens with one attached hydrogen (secondary N) is 2. The van der Waals surface area contributed by atoms with Gasteiger partial charge in [-0.3, -0.25) is 9.69 Å². The second-order valence-electron chi connectivity index (χ2n) is 8.99. The third-order valence-corrected chi connectivity index (χ3v) is 6.24. The molecule has 0 atom stereocenters. The smallest absolute Gasteiger partial charge is 0.241 e. The standard InChI is InChI=1S/C24H39N5O.HI/c1-28(2)23(30)18-27-24(25-16-20-8-4-3-5-9-20)26-17-21-10-12-22(13-11-21)19-29-14-6-7-15-29;/h10-13,20H,3-9,14-19H2,1-2H3,(H2,25,26,27);1H. The lowest BCUT2D eigenvalue weighted by molar-refractivity contribution is -0.127. The van der Waals surface area contributed by atoms with Crippen molar-refractivity contribution < 1.29 is 4.79 Å². The second kappa shape index (κ2) is 13.9. The number of aliphatic imine (C=N–C) groups is 1. The van der Waals surface area contributed by atoms with Gasteiger partial charge in [0, 0.05) is 27.2 Å². The van der Waals surface area contributed by atoms with Crippen LogP contribution in [0.3, 0.4) is 0 Å². The molecule has 7 heteroatoms. The van der Waals surface area contributed by atoms with Gasteiger partial charge in [-0.05, 0) is 55.8 Å². The van der Waals surface area contributed by atoms with Crippen LogP contribution in [0.2, 0.25) is 0 Å². The Bertz CT molecular complexity index is 680. The van der Waals surface area contributed by atoms with Crippen molar-refractivity contribution in [2.24, 2.45) is 10.9 Å². The van der Waals surface area contributed by atoms with Gasteiger partial charge in [0.25, 0.3) is 0 Å². The largest absolute Gasteiger partial charge is 0.356 e. The summed E-state index contributed by atoms with van der Waals surface area (Å²) in [6.45, 7) is 5.29. The van der Waals surface area contributed by atoms with Crippen LogP contribution in [0, 0.1) is 5.92 Å². The molecule has 3 rings (SSSR count). The molecule has 0 unspecified atom stereocenters. The zero-order chi connectivity index (χ0) is 21.2. The van der Waals surface area contributed by atoms with E-state index in [-0.39, 0.29) is 36.4 Å². The van der Waals surface area contributed by atoms with Crippen LogP contribution in [0.15, 0.2) is 29.3 Å². The Balaban J connectivity index is 0.00000341. The van der Waals surface area contributed by atoms with Crippen LogP contribution in [0.25, 0.3) is 0 Å². The van der Waals surface area contributed by atoms with Crippen molar-refractivity contribution in [1.29, 1.82) is 0 Å². The maximum absolute atomic E-state index is 12.0. The molecule has 0 bridgehead atoms. The first-order valence-electron chi connectivity index (χ1n) is 11.6. The molecule has 1 aliphatic carbocycles. The number of likely N-dealkylation sites (N-methyl/N-ethyl adjacent to an activating group) is 1. The SMILES string of the molecule is CN(C)C(=O)CNC(=NCc1ccc(CN2CCCC2)cc1)NCC1CCCCC1.I. The molecule has 31 heavy (non-hydrogen) atoms. The second-order valence-corrected chi connectivity index (χ2v) is 8.99. The molecule has 2 N–H and O–H groups in total. The minimum absolute atomic E-state index is 0. The van der Waals surface area contributed by atoms with E-state index in [0.717, 1.165) is 19.0 Å². The Morgan fingerprint density at radius 2 is 1.65 bits per heavy atom. The molecule has 1 aromatic carbocycles. The monoisotopic (exact) mass is 541 g/mol. The molecule has 2 fully saturated rings. The van der Waals surface area contributed by atoms with Crippen LogP contribution in [0.1, 0.15) is 56.1 Å². The lowest BCUT2D eigenvalue weighted by Gasteiger charge is -2.23. The van der Waals surface area contributed by atoms with E-state index in [9.17, 15) is 4.79 Å². The van der Waals surface area contributed by atoms with Gasteiger partial charge in [-0.25, -0.2) is 4.99 Å². The number of guanidine groups is 1. The van der Waals surface area contributed by atoms with E-state index in [1.807, 2.05) is 0 Å². The van der Waals surface area contributed by atoms with Crippen LogP contribution in [-0.2, 0) is 17.9 Å². The topological polar surface area (TPSA) is 60.0 Å². The average molecular weight is 542 g/mol. The molecule has 174 valence electrons. The van der Waals surface area contributed by atoms with Gasteiger partial charge in [-0.15, -0.1) is 24.0 Å². The van der Waals surface area contributed by atoms with E-state index >= 15 is 0 Å². The van der Waals surface area contributed by atoms with Crippen molar-refractivity contribution >= 4 is 35.8 Å². The molecule has 0 radical (unpaired) electrons. The normalized spacial score (nSPS) is 17.8. The summed E-state index contributed by atoms with van der Waals surface area (Å²) in [5.74, 6) is 1.49. The van der Waals surface area contributed by atoms with E-state index in [0.29, 0.717) is 12.5 Å². The van der Waals surface area contributed by atoms with Gasteiger partial charge in [0.05, 0.1) is 13.1 Å². The van der Waals surface area contributed by atoms with Crippen LogP contribution in [0.5, 0.6) is 0 Å². The minimum Gasteiger partial charge on any atom is -0.356 e. The van der Waals surface area contributed by atoms with Crippen LogP contribution in [-0.4, -0.2) is 61.9 Å². The maximum Gasteiger partial charge on any atom is 0.241 e. The Morgan fingerprint density at radius 1 is 1.00 bits per heavy atom. The fourth-order valence-corrected chi connectivity index (χ4v) is 4.24. The number of likely N-dealkylation sites (tertiary alicyclic amines) is 1.